The zero-order valence-electron chi connectivity index (χ0n) is 11.8. The highest BCUT2D eigenvalue weighted by Gasteiger charge is 2.30. The molecular weight excluding hydrogens is 290 g/mol. The summed E-state index contributed by atoms with van der Waals surface area (Å²) < 4.78 is 30.2. The lowest BCUT2D eigenvalue weighted by Crippen LogP contribution is -2.49. The fourth-order valence-electron chi connectivity index (χ4n) is 1.99. The summed E-state index contributed by atoms with van der Waals surface area (Å²) in [6, 6.07) is -0.481. The van der Waals surface area contributed by atoms with Gasteiger partial charge in [-0.1, -0.05) is 13.8 Å². The predicted octanol–water partition coefficient (Wildman–Crippen LogP) is -1.40. The van der Waals surface area contributed by atoms with Gasteiger partial charge in [-0.05, 0) is 12.3 Å². The molecule has 0 amide bonds. The third-order valence-corrected chi connectivity index (χ3v) is 3.80. The Morgan fingerprint density at radius 1 is 1.10 bits per heavy atom. The summed E-state index contributed by atoms with van der Waals surface area (Å²) in [6.45, 7) is 3.26. The summed E-state index contributed by atoms with van der Waals surface area (Å²) in [5.74, 6) is 0.215. The second-order valence-corrected chi connectivity index (χ2v) is 6.69. The van der Waals surface area contributed by atoms with Gasteiger partial charge in [0, 0.05) is 19.0 Å². The Bertz CT molecular complexity index is 360. The predicted molar refractivity (Wildman–Crippen MR) is 72.3 cm³/mol. The molecule has 122 valence electrons. The maximum Gasteiger partial charge on any atom is 0.292 e. The smallest absolute Gasteiger partial charge is 0.292 e. The summed E-state index contributed by atoms with van der Waals surface area (Å²) in [6.07, 6.45) is -1.52. The third kappa shape index (κ3) is 6.93. The lowest BCUT2D eigenvalue weighted by atomic mass is 10.0. The Labute approximate surface area is 119 Å². The molecular formula is C11H25NO7S. The second-order valence-electron chi connectivity index (χ2n) is 5.11. The summed E-state index contributed by atoms with van der Waals surface area (Å²) in [5, 5.41) is 37.6. The molecule has 0 radical (unpaired) electrons. The second kappa shape index (κ2) is 8.88. The molecule has 8 nitrogen and oxygen atoms in total. The van der Waals surface area contributed by atoms with Crippen LogP contribution in [0.4, 0.5) is 0 Å². The van der Waals surface area contributed by atoms with Crippen molar-refractivity contribution in [3.63, 3.8) is 0 Å². The van der Waals surface area contributed by atoms with E-state index < -0.39 is 34.2 Å². The van der Waals surface area contributed by atoms with Crippen LogP contribution >= 0.6 is 0 Å². The number of rotatable bonds is 10. The molecule has 5 N–H and O–H groups in total. The van der Waals surface area contributed by atoms with Crippen molar-refractivity contribution < 1.29 is 33.4 Å². The largest absolute Gasteiger partial charge is 0.395 e. The minimum Gasteiger partial charge on any atom is -0.395 e. The van der Waals surface area contributed by atoms with E-state index in [1.54, 1.807) is 0 Å². The molecule has 0 rings (SSSR count). The first kappa shape index (κ1) is 19.7. The first-order valence-corrected chi connectivity index (χ1v) is 7.93. The van der Waals surface area contributed by atoms with Crippen LogP contribution in [0.1, 0.15) is 26.7 Å². The van der Waals surface area contributed by atoms with Crippen LogP contribution in [-0.2, 0) is 10.1 Å². The Hall–Kier alpha value is -0.290. The maximum atomic E-state index is 10.7. The number of hydrogen-bond donors (Lipinski definition) is 5. The van der Waals surface area contributed by atoms with E-state index in [0.29, 0.717) is 6.42 Å². The molecule has 20 heavy (non-hydrogen) atoms. The van der Waals surface area contributed by atoms with Crippen molar-refractivity contribution in [1.29, 1.82) is 0 Å². The van der Waals surface area contributed by atoms with Gasteiger partial charge in [0.1, 0.15) is 6.23 Å². The quantitative estimate of drug-likeness (QED) is 0.245. The number of aliphatic hydroxyl groups excluding tert-OH is 4. The van der Waals surface area contributed by atoms with Crippen molar-refractivity contribution in [2.45, 2.75) is 44.4 Å². The molecule has 0 bridgehead atoms. The highest BCUT2D eigenvalue weighted by molar-refractivity contribution is 7.86. The van der Waals surface area contributed by atoms with Gasteiger partial charge in [-0.2, -0.15) is 8.42 Å². The highest BCUT2D eigenvalue weighted by Crippen LogP contribution is 2.17. The lowest BCUT2D eigenvalue weighted by molar-refractivity contribution is -0.0659. The lowest BCUT2D eigenvalue weighted by Gasteiger charge is -2.35. The molecule has 0 aliphatic carbocycles. The average molecular weight is 315 g/mol. The van der Waals surface area contributed by atoms with Crippen LogP contribution in [0.2, 0.25) is 0 Å². The van der Waals surface area contributed by atoms with Crippen LogP contribution in [0.3, 0.4) is 0 Å². The molecule has 0 spiro atoms. The van der Waals surface area contributed by atoms with Crippen LogP contribution in [0.5, 0.6) is 0 Å². The fourth-order valence-corrected chi connectivity index (χ4v) is 2.40. The molecule has 0 aliphatic heterocycles. The third-order valence-electron chi connectivity index (χ3n) is 2.92. The van der Waals surface area contributed by atoms with E-state index in [-0.39, 0.29) is 25.7 Å². The van der Waals surface area contributed by atoms with E-state index in [1.807, 2.05) is 13.8 Å². The standard InChI is InChI=1S/C11H25NO7S/c1-8(2)5-9(7-14)12(3-4-13)10(15)6-11(16)20(17,18)19/h8-11,13-16H,3-7H2,1-2H3,(H,17,18,19). The zero-order chi connectivity index (χ0) is 15.9. The van der Waals surface area contributed by atoms with Crippen LogP contribution in [0, 0.1) is 5.92 Å². The van der Waals surface area contributed by atoms with Crippen LogP contribution < -0.4 is 0 Å². The van der Waals surface area contributed by atoms with Gasteiger partial charge in [0.15, 0.2) is 5.44 Å². The molecule has 3 atom stereocenters. The molecule has 0 fully saturated rings. The van der Waals surface area contributed by atoms with Crippen LogP contribution in [-0.4, -0.2) is 75.8 Å². The average Bonchev–Trinajstić information content (AvgIpc) is 2.31. The first-order chi connectivity index (χ1) is 9.13. The topological polar surface area (TPSA) is 139 Å². The van der Waals surface area contributed by atoms with Crippen LogP contribution in [0.25, 0.3) is 0 Å². The van der Waals surface area contributed by atoms with Gasteiger partial charge in [0.2, 0.25) is 0 Å². The van der Waals surface area contributed by atoms with E-state index >= 15 is 0 Å². The molecule has 0 saturated heterocycles. The zero-order valence-corrected chi connectivity index (χ0v) is 12.6. The minimum atomic E-state index is -4.66. The molecule has 0 aromatic heterocycles. The summed E-state index contributed by atoms with van der Waals surface area (Å²) in [5.41, 5.74) is -2.11. The van der Waals surface area contributed by atoms with Gasteiger partial charge >= 0.3 is 0 Å². The summed E-state index contributed by atoms with van der Waals surface area (Å²) >= 11 is 0. The first-order valence-electron chi connectivity index (χ1n) is 6.43. The Balaban J connectivity index is 4.87. The molecule has 0 aliphatic rings. The van der Waals surface area contributed by atoms with Crippen molar-refractivity contribution in [2.24, 2.45) is 5.92 Å². The Morgan fingerprint density at radius 2 is 1.65 bits per heavy atom. The van der Waals surface area contributed by atoms with E-state index in [2.05, 4.69) is 0 Å². The van der Waals surface area contributed by atoms with Crippen LogP contribution in [0.15, 0.2) is 0 Å². The number of aliphatic hydroxyl groups is 4. The van der Waals surface area contributed by atoms with Gasteiger partial charge in [0.05, 0.1) is 13.2 Å². The highest BCUT2D eigenvalue weighted by atomic mass is 32.2. The van der Waals surface area contributed by atoms with Gasteiger partial charge in [-0.25, -0.2) is 0 Å². The van der Waals surface area contributed by atoms with Gasteiger partial charge < -0.3 is 20.4 Å². The van der Waals surface area contributed by atoms with E-state index in [0.717, 1.165) is 0 Å². The van der Waals surface area contributed by atoms with E-state index in [9.17, 15) is 23.7 Å². The fraction of sp³-hybridized carbons (Fsp3) is 1.00. The molecule has 0 heterocycles. The minimum absolute atomic E-state index is 0.0112. The Kier molecular flexibility index (Phi) is 8.75. The van der Waals surface area contributed by atoms with Crippen molar-refractivity contribution in [3.05, 3.63) is 0 Å². The van der Waals surface area contributed by atoms with Crippen molar-refractivity contribution in [3.8, 4) is 0 Å². The molecule has 0 saturated carbocycles. The molecule has 0 aromatic carbocycles. The monoisotopic (exact) mass is 315 g/mol. The normalized spacial score (nSPS) is 17.4. The maximum absolute atomic E-state index is 10.7. The number of hydrogen-bond acceptors (Lipinski definition) is 7. The summed E-state index contributed by atoms with van der Waals surface area (Å²) in [7, 11) is -4.66. The van der Waals surface area contributed by atoms with Gasteiger partial charge in [-0.15, -0.1) is 0 Å². The van der Waals surface area contributed by atoms with Crippen molar-refractivity contribution in [2.75, 3.05) is 19.8 Å². The molecule has 9 heteroatoms. The van der Waals surface area contributed by atoms with Crippen molar-refractivity contribution >= 4 is 10.1 Å². The van der Waals surface area contributed by atoms with Gasteiger partial charge in [0.25, 0.3) is 10.1 Å². The van der Waals surface area contributed by atoms with Gasteiger partial charge in [-0.3, -0.25) is 9.45 Å². The Morgan fingerprint density at radius 3 is 2.00 bits per heavy atom. The number of nitrogens with zero attached hydrogens (tertiary/aromatic N) is 1. The SMILES string of the molecule is CC(C)CC(CO)N(CCO)C(O)CC(O)S(=O)(=O)O. The molecule has 0 aromatic rings. The van der Waals surface area contributed by atoms with E-state index in [4.69, 9.17) is 9.66 Å². The van der Waals surface area contributed by atoms with E-state index in [1.165, 1.54) is 4.90 Å². The molecule has 3 unspecified atom stereocenters. The summed E-state index contributed by atoms with van der Waals surface area (Å²) in [4.78, 5) is 1.31. The van der Waals surface area contributed by atoms with Crippen molar-refractivity contribution in [1.82, 2.24) is 4.90 Å².